The van der Waals surface area contributed by atoms with Gasteiger partial charge in [-0.3, -0.25) is 5.32 Å². The summed E-state index contributed by atoms with van der Waals surface area (Å²) < 4.78 is 48.3. The van der Waals surface area contributed by atoms with Crippen molar-refractivity contribution >= 4 is 21.7 Å². The Balaban J connectivity index is 1.42. The average molecular weight is 570 g/mol. The van der Waals surface area contributed by atoms with Crippen molar-refractivity contribution < 1.29 is 17.5 Å². The van der Waals surface area contributed by atoms with Gasteiger partial charge in [-0.2, -0.15) is 9.57 Å². The predicted molar refractivity (Wildman–Crippen MR) is 155 cm³/mol. The van der Waals surface area contributed by atoms with E-state index in [1.54, 1.807) is 12.1 Å². The number of para-hydroxylation sites is 1. The van der Waals surface area contributed by atoms with E-state index in [1.165, 1.54) is 40.7 Å². The lowest BCUT2D eigenvalue weighted by Gasteiger charge is -2.41. The number of sulfonamides is 1. The van der Waals surface area contributed by atoms with Crippen LogP contribution in [0.15, 0.2) is 113 Å². The predicted octanol–water partition coefficient (Wildman–Crippen LogP) is 5.73. The van der Waals surface area contributed by atoms with Crippen molar-refractivity contribution in [3.8, 4) is 17.7 Å². The fourth-order valence-corrected chi connectivity index (χ4v) is 6.27. The quantitative estimate of drug-likeness (QED) is 0.138. The standard InChI is InChI=1S/C31H28FN5O3S/c1-23-7-5-6-10-29(23)35-31(34-22-33)36-19-20-37(30(21-36)24-8-3-2-4-9-24)41(38,39)28-17-15-27(16-18-28)40-26-13-11-25(32)12-14-26/h2-18,30H,19-21H2,1H3,(H,34,35). The van der Waals surface area contributed by atoms with E-state index in [9.17, 15) is 18.1 Å². The first-order chi connectivity index (χ1) is 19.8. The minimum Gasteiger partial charge on any atom is -0.457 e. The number of nitrogens with one attached hydrogen (secondary N) is 1. The number of hydrogen-bond acceptors (Lipinski definition) is 5. The van der Waals surface area contributed by atoms with Gasteiger partial charge in [0.05, 0.1) is 16.6 Å². The lowest BCUT2D eigenvalue weighted by atomic mass is 10.0. The number of nitriles is 1. The van der Waals surface area contributed by atoms with Crippen molar-refractivity contribution in [3.05, 3.63) is 120 Å². The molecule has 5 rings (SSSR count). The summed E-state index contributed by atoms with van der Waals surface area (Å²) >= 11 is 0. The number of piperazine rings is 1. The summed E-state index contributed by atoms with van der Waals surface area (Å²) in [4.78, 5) is 6.73. The Morgan fingerprint density at radius 3 is 2.22 bits per heavy atom. The van der Waals surface area contributed by atoms with Crippen LogP contribution in [0.4, 0.5) is 10.1 Å². The fourth-order valence-electron chi connectivity index (χ4n) is 4.68. The van der Waals surface area contributed by atoms with Crippen molar-refractivity contribution in [1.29, 1.82) is 5.26 Å². The zero-order chi connectivity index (χ0) is 28.8. The van der Waals surface area contributed by atoms with Crippen molar-refractivity contribution in [2.75, 3.05) is 19.6 Å². The molecule has 1 aliphatic rings. The molecule has 0 spiro atoms. The number of guanidine groups is 1. The molecule has 8 nitrogen and oxygen atoms in total. The van der Waals surface area contributed by atoms with E-state index >= 15 is 0 Å². The van der Waals surface area contributed by atoms with Crippen LogP contribution in [0, 0.1) is 24.2 Å². The second-order valence-electron chi connectivity index (χ2n) is 9.47. The van der Waals surface area contributed by atoms with Gasteiger partial charge in [0.15, 0.2) is 6.19 Å². The Morgan fingerprint density at radius 2 is 1.56 bits per heavy atom. The second kappa shape index (κ2) is 12.2. The van der Waals surface area contributed by atoms with Crippen LogP contribution >= 0.6 is 0 Å². The molecule has 0 aromatic heterocycles. The van der Waals surface area contributed by atoms with E-state index < -0.39 is 16.1 Å². The first-order valence-corrected chi connectivity index (χ1v) is 14.4. The normalized spacial score (nSPS) is 16.2. The van der Waals surface area contributed by atoms with Crippen LogP contribution < -0.4 is 10.1 Å². The summed E-state index contributed by atoms with van der Waals surface area (Å²) in [6, 6.07) is 28.2. The maximum atomic E-state index is 13.9. The average Bonchev–Trinajstić information content (AvgIpc) is 2.99. The lowest BCUT2D eigenvalue weighted by Crippen LogP contribution is -2.54. The zero-order valence-electron chi connectivity index (χ0n) is 22.3. The molecule has 41 heavy (non-hydrogen) atoms. The highest BCUT2D eigenvalue weighted by Crippen LogP contribution is 2.33. The van der Waals surface area contributed by atoms with E-state index in [1.807, 2.05) is 72.6 Å². The Morgan fingerprint density at radius 1 is 0.927 bits per heavy atom. The zero-order valence-corrected chi connectivity index (χ0v) is 23.1. The van der Waals surface area contributed by atoms with E-state index in [2.05, 4.69) is 5.32 Å². The molecule has 1 aliphatic heterocycles. The van der Waals surface area contributed by atoms with Gasteiger partial charge in [-0.1, -0.05) is 48.5 Å². The summed E-state index contributed by atoms with van der Waals surface area (Å²) in [5.41, 5.74) is 2.50. The minimum absolute atomic E-state index is 0.127. The minimum atomic E-state index is -3.91. The van der Waals surface area contributed by atoms with Gasteiger partial charge in [0.1, 0.15) is 17.3 Å². The molecule has 1 fully saturated rings. The number of ether oxygens (including phenoxy) is 1. The molecular formula is C31H28FN5O3S. The Bertz CT molecular complexity index is 1670. The summed E-state index contributed by atoms with van der Waals surface area (Å²) in [6.45, 7) is 2.73. The van der Waals surface area contributed by atoms with Crippen LogP contribution in [-0.2, 0) is 10.0 Å². The smallest absolute Gasteiger partial charge is 0.243 e. The number of benzene rings is 4. The topological polar surface area (TPSA) is 98.0 Å². The van der Waals surface area contributed by atoms with E-state index in [0.717, 1.165) is 16.8 Å². The maximum Gasteiger partial charge on any atom is 0.243 e. The highest BCUT2D eigenvalue weighted by molar-refractivity contribution is 7.89. The van der Waals surface area contributed by atoms with Gasteiger partial charge in [-0.05, 0) is 72.6 Å². The molecule has 1 N–H and O–H groups in total. The number of aryl methyl sites for hydroxylation is 1. The highest BCUT2D eigenvalue weighted by atomic mass is 32.2. The molecule has 1 heterocycles. The Kier molecular flexibility index (Phi) is 8.29. The molecule has 208 valence electrons. The van der Waals surface area contributed by atoms with Crippen LogP contribution in [0.2, 0.25) is 0 Å². The van der Waals surface area contributed by atoms with E-state index in [4.69, 9.17) is 9.73 Å². The number of rotatable bonds is 6. The molecule has 0 saturated carbocycles. The van der Waals surface area contributed by atoms with Gasteiger partial charge in [-0.15, -0.1) is 0 Å². The number of halogens is 1. The Hall–Kier alpha value is -4.72. The first-order valence-electron chi connectivity index (χ1n) is 13.0. The molecule has 4 aromatic rings. The SMILES string of the molecule is Cc1ccccc1N=C(NC#N)N1CCN(S(=O)(=O)c2ccc(Oc3ccc(F)cc3)cc2)C(c2ccccc2)C1. The van der Waals surface area contributed by atoms with Gasteiger partial charge in [-0.25, -0.2) is 17.8 Å². The van der Waals surface area contributed by atoms with Crippen molar-refractivity contribution in [2.45, 2.75) is 17.9 Å². The van der Waals surface area contributed by atoms with Crippen LogP contribution in [0.3, 0.4) is 0 Å². The van der Waals surface area contributed by atoms with E-state index in [-0.39, 0.29) is 23.8 Å². The monoisotopic (exact) mass is 569 g/mol. The Labute approximate surface area is 239 Å². The van der Waals surface area contributed by atoms with Crippen molar-refractivity contribution in [2.24, 2.45) is 4.99 Å². The summed E-state index contributed by atoms with van der Waals surface area (Å²) in [7, 11) is -3.91. The highest BCUT2D eigenvalue weighted by Gasteiger charge is 2.38. The van der Waals surface area contributed by atoms with Gasteiger partial charge in [0, 0.05) is 19.6 Å². The molecule has 10 heteroatoms. The molecule has 1 saturated heterocycles. The molecule has 0 radical (unpaired) electrons. The van der Waals surface area contributed by atoms with E-state index in [0.29, 0.717) is 24.0 Å². The number of nitrogens with zero attached hydrogens (tertiary/aromatic N) is 4. The largest absolute Gasteiger partial charge is 0.457 e. The van der Waals surface area contributed by atoms with Crippen LogP contribution in [0.1, 0.15) is 17.2 Å². The third-order valence-electron chi connectivity index (χ3n) is 6.80. The third kappa shape index (κ3) is 6.38. The summed E-state index contributed by atoms with van der Waals surface area (Å²) in [5, 5.41) is 12.1. The molecule has 4 aromatic carbocycles. The number of hydrogen-bond donors (Lipinski definition) is 1. The molecule has 1 atom stereocenters. The van der Waals surface area contributed by atoms with Gasteiger partial charge in [0.2, 0.25) is 16.0 Å². The van der Waals surface area contributed by atoms with Gasteiger partial charge < -0.3 is 9.64 Å². The van der Waals surface area contributed by atoms with Crippen LogP contribution in [0.25, 0.3) is 0 Å². The van der Waals surface area contributed by atoms with Crippen LogP contribution in [-0.4, -0.2) is 43.2 Å². The van der Waals surface area contributed by atoms with Crippen LogP contribution in [0.5, 0.6) is 11.5 Å². The number of aliphatic imine (C=N–C) groups is 1. The molecule has 0 bridgehead atoms. The maximum absolute atomic E-state index is 13.9. The summed E-state index contributed by atoms with van der Waals surface area (Å²) in [5.74, 6) is 0.863. The first kappa shape index (κ1) is 27.8. The molecule has 1 unspecified atom stereocenters. The van der Waals surface area contributed by atoms with Gasteiger partial charge >= 0.3 is 0 Å². The summed E-state index contributed by atoms with van der Waals surface area (Å²) in [6.07, 6.45) is 1.97. The lowest BCUT2D eigenvalue weighted by molar-refractivity contribution is 0.192. The van der Waals surface area contributed by atoms with Crippen molar-refractivity contribution in [3.63, 3.8) is 0 Å². The molecule has 0 amide bonds. The molecular weight excluding hydrogens is 541 g/mol. The molecule has 0 aliphatic carbocycles. The van der Waals surface area contributed by atoms with Crippen molar-refractivity contribution in [1.82, 2.24) is 14.5 Å². The third-order valence-corrected chi connectivity index (χ3v) is 8.73. The van der Waals surface area contributed by atoms with Gasteiger partial charge in [0.25, 0.3) is 0 Å². The second-order valence-corrected chi connectivity index (χ2v) is 11.4. The fraction of sp³-hybridized carbons (Fsp3) is 0.161.